The van der Waals surface area contributed by atoms with E-state index in [2.05, 4.69) is 4.67 Å². The number of hydrogen-bond donors (Lipinski definition) is 1. The van der Waals surface area contributed by atoms with E-state index in [1.807, 2.05) is 6.92 Å². The van der Waals surface area contributed by atoms with Crippen molar-refractivity contribution < 1.29 is 28.5 Å². The van der Waals surface area contributed by atoms with Crippen LogP contribution in [-0.4, -0.2) is 37.5 Å². The lowest BCUT2D eigenvalue weighted by Crippen LogP contribution is -2.09. The number of hydrogen-bond acceptors (Lipinski definition) is 5. The van der Waals surface area contributed by atoms with Gasteiger partial charge in [-0.25, -0.2) is 0 Å². The van der Waals surface area contributed by atoms with E-state index in [9.17, 15) is 9.46 Å². The molecular formula is C12H19O6P. The lowest BCUT2D eigenvalue weighted by atomic mass is 10.3. The Morgan fingerprint density at radius 2 is 1.79 bits per heavy atom. The Hall–Kier alpha value is -0.910. The van der Waals surface area contributed by atoms with Crippen LogP contribution in [0.4, 0.5) is 0 Å². The second-order valence-corrected chi connectivity index (χ2v) is 5.51. The highest BCUT2D eigenvalue weighted by atomic mass is 31.2. The third-order valence-corrected chi connectivity index (χ3v) is 3.14. The first-order chi connectivity index (χ1) is 9.14. The van der Waals surface area contributed by atoms with Gasteiger partial charge in [-0.3, -0.25) is 4.57 Å². The third kappa shape index (κ3) is 7.97. The van der Waals surface area contributed by atoms with E-state index in [1.165, 1.54) is 0 Å². The summed E-state index contributed by atoms with van der Waals surface area (Å²) in [6.45, 7) is 3.46. The van der Waals surface area contributed by atoms with Crippen LogP contribution in [0.3, 0.4) is 0 Å². The van der Waals surface area contributed by atoms with Crippen molar-refractivity contribution in [3.8, 4) is 5.75 Å². The Bertz CT molecular complexity index is 383. The number of rotatable bonds is 10. The van der Waals surface area contributed by atoms with Crippen LogP contribution < -0.4 is 4.89 Å². The molecule has 1 rings (SSSR count). The molecule has 108 valence electrons. The van der Waals surface area contributed by atoms with Gasteiger partial charge in [0.1, 0.15) is 0 Å². The van der Waals surface area contributed by atoms with Crippen LogP contribution in [0.25, 0.3) is 0 Å². The van der Waals surface area contributed by atoms with Crippen molar-refractivity contribution in [2.75, 3.05) is 32.6 Å². The van der Waals surface area contributed by atoms with Crippen LogP contribution in [0.5, 0.6) is 5.75 Å². The summed E-state index contributed by atoms with van der Waals surface area (Å²) in [6, 6.07) is 8.52. The molecule has 0 heterocycles. The standard InChI is InChI=1S/C12H19O6P/c1-2-15-8-9-16-10-11-19(13,14)18-17-12-6-4-3-5-7-12/h3-7H,2,8-11H2,1H3,(H,13,14). The Balaban J connectivity index is 2.15. The van der Waals surface area contributed by atoms with Gasteiger partial charge in [0.2, 0.25) is 0 Å². The normalized spacial score (nSPS) is 14.0. The summed E-state index contributed by atoms with van der Waals surface area (Å²) in [4.78, 5) is 14.2. The van der Waals surface area contributed by atoms with Gasteiger partial charge >= 0.3 is 7.60 Å². The van der Waals surface area contributed by atoms with Crippen LogP contribution >= 0.6 is 7.60 Å². The molecule has 1 aromatic carbocycles. The second kappa shape index (κ2) is 9.07. The fourth-order valence-electron chi connectivity index (χ4n) is 1.16. The molecule has 1 aromatic rings. The molecule has 19 heavy (non-hydrogen) atoms. The van der Waals surface area contributed by atoms with Gasteiger partial charge in [0.15, 0.2) is 5.75 Å². The van der Waals surface area contributed by atoms with Gasteiger partial charge in [-0.2, -0.15) is 0 Å². The van der Waals surface area contributed by atoms with E-state index in [4.69, 9.17) is 14.4 Å². The maximum Gasteiger partial charge on any atom is 0.369 e. The molecule has 0 aliphatic carbocycles. The average Bonchev–Trinajstić information content (AvgIpc) is 2.42. The molecule has 0 saturated heterocycles. The van der Waals surface area contributed by atoms with E-state index in [0.29, 0.717) is 25.6 Å². The summed E-state index contributed by atoms with van der Waals surface area (Å²) in [7, 11) is -3.80. The molecule has 0 amide bonds. The zero-order chi connectivity index (χ0) is 14.0. The van der Waals surface area contributed by atoms with Gasteiger partial charge in [-0.1, -0.05) is 22.9 Å². The van der Waals surface area contributed by atoms with Gasteiger partial charge < -0.3 is 19.3 Å². The number of ether oxygens (including phenoxy) is 2. The maximum absolute atomic E-state index is 11.6. The molecule has 0 fully saturated rings. The monoisotopic (exact) mass is 290 g/mol. The summed E-state index contributed by atoms with van der Waals surface area (Å²) in [5.74, 6) is 0.369. The Morgan fingerprint density at radius 1 is 1.11 bits per heavy atom. The largest absolute Gasteiger partial charge is 0.379 e. The van der Waals surface area contributed by atoms with Crippen molar-refractivity contribution in [3.63, 3.8) is 0 Å². The van der Waals surface area contributed by atoms with E-state index < -0.39 is 7.60 Å². The van der Waals surface area contributed by atoms with E-state index in [1.54, 1.807) is 30.3 Å². The summed E-state index contributed by atoms with van der Waals surface area (Å²) in [5, 5.41) is 0. The van der Waals surface area contributed by atoms with Gasteiger partial charge in [-0.05, 0) is 19.1 Å². The van der Waals surface area contributed by atoms with Gasteiger partial charge in [0.05, 0.1) is 26.0 Å². The molecule has 1 unspecified atom stereocenters. The highest BCUT2D eigenvalue weighted by Gasteiger charge is 2.21. The van der Waals surface area contributed by atoms with Crippen molar-refractivity contribution >= 4 is 7.60 Å². The Labute approximate surface area is 112 Å². The zero-order valence-corrected chi connectivity index (χ0v) is 11.8. The quantitative estimate of drug-likeness (QED) is 0.308. The third-order valence-electron chi connectivity index (χ3n) is 2.09. The molecule has 0 spiro atoms. The SMILES string of the molecule is CCOCCOCCP(=O)(O)OOc1ccccc1. The van der Waals surface area contributed by atoms with Crippen LogP contribution in [0.15, 0.2) is 30.3 Å². The van der Waals surface area contributed by atoms with Crippen molar-refractivity contribution in [2.24, 2.45) is 0 Å². The van der Waals surface area contributed by atoms with Crippen LogP contribution in [0.1, 0.15) is 6.92 Å². The highest BCUT2D eigenvalue weighted by molar-refractivity contribution is 7.52. The van der Waals surface area contributed by atoms with Crippen molar-refractivity contribution in [2.45, 2.75) is 6.92 Å². The summed E-state index contributed by atoms with van der Waals surface area (Å²) >= 11 is 0. The summed E-state index contributed by atoms with van der Waals surface area (Å²) in [6.07, 6.45) is -0.133. The van der Waals surface area contributed by atoms with Crippen molar-refractivity contribution in [3.05, 3.63) is 30.3 Å². The van der Waals surface area contributed by atoms with Gasteiger partial charge in [-0.15, -0.1) is 0 Å². The molecular weight excluding hydrogens is 271 g/mol. The van der Waals surface area contributed by atoms with Gasteiger partial charge in [0, 0.05) is 6.61 Å². The molecule has 0 aliphatic heterocycles. The number of para-hydroxylation sites is 1. The molecule has 0 aromatic heterocycles. The minimum Gasteiger partial charge on any atom is -0.379 e. The lowest BCUT2D eigenvalue weighted by Gasteiger charge is -2.11. The number of benzene rings is 1. The fourth-order valence-corrected chi connectivity index (χ4v) is 1.80. The van der Waals surface area contributed by atoms with Crippen LogP contribution in [-0.2, 0) is 18.7 Å². The van der Waals surface area contributed by atoms with Gasteiger partial charge in [0.25, 0.3) is 0 Å². The molecule has 1 atom stereocenters. The molecule has 7 heteroatoms. The molecule has 0 bridgehead atoms. The first-order valence-electron chi connectivity index (χ1n) is 6.02. The average molecular weight is 290 g/mol. The lowest BCUT2D eigenvalue weighted by molar-refractivity contribution is -0.109. The Kier molecular flexibility index (Phi) is 7.70. The van der Waals surface area contributed by atoms with Crippen LogP contribution in [0.2, 0.25) is 0 Å². The smallest absolute Gasteiger partial charge is 0.369 e. The van der Waals surface area contributed by atoms with Crippen molar-refractivity contribution in [1.29, 1.82) is 0 Å². The second-order valence-electron chi connectivity index (χ2n) is 3.64. The van der Waals surface area contributed by atoms with Crippen LogP contribution in [0, 0.1) is 0 Å². The zero-order valence-electron chi connectivity index (χ0n) is 10.9. The first kappa shape index (κ1) is 16.1. The molecule has 1 N–H and O–H groups in total. The summed E-state index contributed by atoms with van der Waals surface area (Å²) < 4.78 is 26.3. The topological polar surface area (TPSA) is 74.2 Å². The molecule has 0 radical (unpaired) electrons. The molecule has 0 saturated carbocycles. The minimum atomic E-state index is -3.80. The molecule has 0 aliphatic rings. The van der Waals surface area contributed by atoms with E-state index in [-0.39, 0.29) is 12.8 Å². The van der Waals surface area contributed by atoms with E-state index >= 15 is 0 Å². The Morgan fingerprint density at radius 3 is 2.47 bits per heavy atom. The maximum atomic E-state index is 11.6. The van der Waals surface area contributed by atoms with Crippen molar-refractivity contribution in [1.82, 2.24) is 0 Å². The summed E-state index contributed by atoms with van der Waals surface area (Å²) in [5.41, 5.74) is 0. The molecule has 6 nitrogen and oxygen atoms in total. The predicted molar refractivity (Wildman–Crippen MR) is 70.2 cm³/mol. The minimum absolute atomic E-state index is 0.110. The fraction of sp³-hybridized carbons (Fsp3) is 0.500. The highest BCUT2D eigenvalue weighted by Crippen LogP contribution is 2.41. The first-order valence-corrected chi connectivity index (χ1v) is 7.79. The predicted octanol–water partition coefficient (Wildman–Crippen LogP) is 2.24. The van der Waals surface area contributed by atoms with E-state index in [0.717, 1.165) is 0 Å².